The van der Waals surface area contributed by atoms with Crippen LogP contribution in [0.1, 0.15) is 51.4 Å². The highest BCUT2D eigenvalue weighted by Gasteiger charge is 2.30. The van der Waals surface area contributed by atoms with Gasteiger partial charge in [0.1, 0.15) is 0 Å². The first kappa shape index (κ1) is 12.4. The Hall–Kier alpha value is -0.383. The zero-order valence-corrected chi connectivity index (χ0v) is 13.2. The molecule has 2 saturated carbocycles. The molecule has 0 heterocycles. The average Bonchev–Trinajstić information content (AvgIpc) is 3.18. The summed E-state index contributed by atoms with van der Waals surface area (Å²) in [5, 5.41) is 0. The van der Waals surface area contributed by atoms with Gasteiger partial charge in [0, 0.05) is 0 Å². The third-order valence-corrected chi connectivity index (χ3v) is 6.31. The maximum absolute atomic E-state index is 5.85. The van der Waals surface area contributed by atoms with E-state index in [1.165, 1.54) is 51.4 Å². The van der Waals surface area contributed by atoms with Crippen molar-refractivity contribution in [3.63, 3.8) is 0 Å². The molecule has 0 aromatic rings. The van der Waals surface area contributed by atoms with E-state index in [9.17, 15) is 0 Å². The van der Waals surface area contributed by atoms with E-state index < -0.39 is 10.0 Å². The van der Waals surface area contributed by atoms with E-state index in [1.807, 2.05) is 0 Å². The van der Waals surface area contributed by atoms with Crippen LogP contribution < -0.4 is 0 Å². The molecule has 0 spiro atoms. The van der Waals surface area contributed by atoms with E-state index in [-0.39, 0.29) is 0 Å². The summed E-state index contributed by atoms with van der Waals surface area (Å²) in [5.74, 6) is 1.94. The Balaban J connectivity index is 1.17. The van der Waals surface area contributed by atoms with Crippen molar-refractivity contribution in [1.29, 1.82) is 0 Å². The second-order valence-electron chi connectivity index (χ2n) is 6.85. The third-order valence-electron chi connectivity index (χ3n) is 5.57. The van der Waals surface area contributed by atoms with Crippen LogP contribution in [0.4, 0.5) is 0 Å². The predicted molar refractivity (Wildman–Crippen MR) is 78.4 cm³/mol. The zero-order valence-electron chi connectivity index (χ0n) is 11.7. The second kappa shape index (κ2) is 5.19. The summed E-state index contributed by atoms with van der Waals surface area (Å²) in [6, 6.07) is 0. The predicted octanol–water partition coefficient (Wildman–Crippen LogP) is 3.02. The molecule has 0 N–H and O–H groups in total. The van der Waals surface area contributed by atoms with Gasteiger partial charge in [-0.3, -0.25) is 0 Å². The minimum Gasteiger partial charge on any atom is -0.395 e. The van der Waals surface area contributed by atoms with Gasteiger partial charge in [-0.1, -0.05) is 11.1 Å². The van der Waals surface area contributed by atoms with Gasteiger partial charge < -0.3 is 8.85 Å². The molecule has 2 nitrogen and oxygen atoms in total. The van der Waals surface area contributed by atoms with E-state index >= 15 is 0 Å². The standard InChI is InChI=1S/C16H24O2Si/c1-3-13-5-11(1)7-15(13)9-17-19-18-10-16-8-12-2-4-14(16)6-12/h11-12H,1-10,19H2. The first-order chi connectivity index (χ1) is 9.38. The smallest absolute Gasteiger partial charge is 0.305 e. The van der Waals surface area contributed by atoms with Crippen LogP contribution in [0.3, 0.4) is 0 Å². The van der Waals surface area contributed by atoms with Crippen LogP contribution in [0, 0.1) is 11.8 Å². The topological polar surface area (TPSA) is 18.5 Å². The Labute approximate surface area is 118 Å². The van der Waals surface area contributed by atoms with Crippen LogP contribution in [-0.4, -0.2) is 23.2 Å². The van der Waals surface area contributed by atoms with Crippen molar-refractivity contribution >= 4 is 10.0 Å². The minimum atomic E-state index is -0.755. The molecule has 2 fully saturated rings. The highest BCUT2D eigenvalue weighted by molar-refractivity contribution is 6.18. The molecule has 3 heteroatoms. The maximum Gasteiger partial charge on any atom is 0.305 e. The Bertz CT molecular complexity index is 398. The highest BCUT2D eigenvalue weighted by Crippen LogP contribution is 2.44. The quantitative estimate of drug-likeness (QED) is 0.422. The summed E-state index contributed by atoms with van der Waals surface area (Å²) >= 11 is 0. The summed E-state index contributed by atoms with van der Waals surface area (Å²) in [7, 11) is -0.755. The molecule has 4 bridgehead atoms. The molecular weight excluding hydrogens is 252 g/mol. The van der Waals surface area contributed by atoms with E-state index in [1.54, 1.807) is 22.3 Å². The Kier molecular flexibility index (Phi) is 3.38. The molecule has 0 amide bonds. The summed E-state index contributed by atoms with van der Waals surface area (Å²) in [5.41, 5.74) is 6.68. The summed E-state index contributed by atoms with van der Waals surface area (Å²) in [6.07, 6.45) is 11.0. The molecule has 4 rings (SSSR count). The monoisotopic (exact) mass is 276 g/mol. The van der Waals surface area contributed by atoms with Gasteiger partial charge in [0.05, 0.1) is 13.2 Å². The fourth-order valence-electron chi connectivity index (χ4n) is 4.55. The molecule has 2 atom stereocenters. The van der Waals surface area contributed by atoms with E-state index in [0.29, 0.717) is 0 Å². The first-order valence-corrected chi connectivity index (χ1v) is 9.09. The molecule has 0 radical (unpaired) electrons. The minimum absolute atomic E-state index is 0.755. The zero-order chi connectivity index (χ0) is 12.7. The summed E-state index contributed by atoms with van der Waals surface area (Å²) in [6.45, 7) is 1.76. The molecule has 19 heavy (non-hydrogen) atoms. The van der Waals surface area contributed by atoms with Crippen LogP contribution >= 0.6 is 0 Å². The average molecular weight is 276 g/mol. The van der Waals surface area contributed by atoms with Gasteiger partial charge >= 0.3 is 10.0 Å². The summed E-state index contributed by atoms with van der Waals surface area (Å²) in [4.78, 5) is 0. The van der Waals surface area contributed by atoms with Crippen molar-refractivity contribution in [2.24, 2.45) is 11.8 Å². The van der Waals surface area contributed by atoms with Crippen molar-refractivity contribution in [3.8, 4) is 0 Å². The van der Waals surface area contributed by atoms with Crippen molar-refractivity contribution < 1.29 is 8.85 Å². The van der Waals surface area contributed by atoms with Gasteiger partial charge in [-0.15, -0.1) is 0 Å². The lowest BCUT2D eigenvalue weighted by atomic mass is 10.00. The second-order valence-corrected chi connectivity index (χ2v) is 7.91. The van der Waals surface area contributed by atoms with Crippen LogP contribution in [0.2, 0.25) is 0 Å². The van der Waals surface area contributed by atoms with Gasteiger partial charge in [-0.05, 0) is 74.3 Å². The van der Waals surface area contributed by atoms with Crippen LogP contribution in [-0.2, 0) is 8.85 Å². The molecule has 0 saturated heterocycles. The fraction of sp³-hybridized carbons (Fsp3) is 0.750. The Morgan fingerprint density at radius 3 is 1.68 bits per heavy atom. The lowest BCUT2D eigenvalue weighted by Gasteiger charge is -2.14. The molecule has 4 aliphatic carbocycles. The third kappa shape index (κ3) is 2.48. The lowest BCUT2D eigenvalue weighted by Crippen LogP contribution is -2.11. The molecular formula is C16H24O2Si. The number of hydrogen-bond acceptors (Lipinski definition) is 2. The highest BCUT2D eigenvalue weighted by atomic mass is 28.3. The largest absolute Gasteiger partial charge is 0.395 e. The number of fused-ring (bicyclic) bond motifs is 4. The van der Waals surface area contributed by atoms with E-state index in [4.69, 9.17) is 8.85 Å². The summed E-state index contributed by atoms with van der Waals surface area (Å²) < 4.78 is 11.7. The van der Waals surface area contributed by atoms with Gasteiger partial charge in [-0.2, -0.15) is 0 Å². The van der Waals surface area contributed by atoms with Crippen LogP contribution in [0.5, 0.6) is 0 Å². The molecule has 2 unspecified atom stereocenters. The van der Waals surface area contributed by atoms with Crippen molar-refractivity contribution in [1.82, 2.24) is 0 Å². The van der Waals surface area contributed by atoms with Gasteiger partial charge in [0.2, 0.25) is 0 Å². The Morgan fingerprint density at radius 2 is 1.32 bits per heavy atom. The lowest BCUT2D eigenvalue weighted by molar-refractivity contribution is 0.245. The molecule has 0 aromatic carbocycles. The maximum atomic E-state index is 5.85. The molecule has 104 valence electrons. The van der Waals surface area contributed by atoms with Crippen molar-refractivity contribution in [2.75, 3.05) is 13.2 Å². The number of allylic oxidation sites excluding steroid dienone is 2. The van der Waals surface area contributed by atoms with Gasteiger partial charge in [0.15, 0.2) is 0 Å². The normalized spacial score (nSPS) is 32.8. The molecule has 4 aliphatic rings. The van der Waals surface area contributed by atoms with Crippen LogP contribution in [0.25, 0.3) is 0 Å². The van der Waals surface area contributed by atoms with Crippen LogP contribution in [0.15, 0.2) is 22.3 Å². The van der Waals surface area contributed by atoms with Gasteiger partial charge in [-0.25, -0.2) is 0 Å². The van der Waals surface area contributed by atoms with Gasteiger partial charge in [0.25, 0.3) is 0 Å². The SMILES string of the molecule is C1CC2CC1=C(CO[SiH2]OCC1=C3CCC(C3)C1)C2. The molecule has 0 aromatic heterocycles. The molecule has 0 aliphatic heterocycles. The fourth-order valence-corrected chi connectivity index (χ4v) is 5.33. The van der Waals surface area contributed by atoms with Crippen molar-refractivity contribution in [2.45, 2.75) is 51.4 Å². The van der Waals surface area contributed by atoms with Crippen molar-refractivity contribution in [3.05, 3.63) is 22.3 Å². The van der Waals surface area contributed by atoms with E-state index in [0.717, 1.165) is 25.0 Å². The first-order valence-electron chi connectivity index (χ1n) is 7.93. The Morgan fingerprint density at radius 1 is 0.789 bits per heavy atom. The number of rotatable bonds is 6. The van der Waals surface area contributed by atoms with E-state index in [2.05, 4.69) is 0 Å². The number of hydrogen-bond donors (Lipinski definition) is 0.